The van der Waals surface area contributed by atoms with Gasteiger partial charge < -0.3 is 4.42 Å². The van der Waals surface area contributed by atoms with Crippen molar-refractivity contribution in [2.45, 2.75) is 0 Å². The molecular weight excluding hydrogens is 130 g/mol. The first-order valence-electron chi connectivity index (χ1n) is 2.70. The maximum absolute atomic E-state index is 9.56. The van der Waals surface area contributed by atoms with Gasteiger partial charge in [0, 0.05) is 6.20 Å². The second-order valence-corrected chi connectivity index (χ2v) is 1.55. The highest BCUT2D eigenvalue weighted by atomic mass is 16.3. The van der Waals surface area contributed by atoms with Crippen LogP contribution in [0.4, 0.5) is 0 Å². The SMILES string of the molecule is O=C=N/C=C\c1ccco1. The van der Waals surface area contributed by atoms with E-state index in [1.165, 1.54) is 12.3 Å². The molecule has 10 heavy (non-hydrogen) atoms. The highest BCUT2D eigenvalue weighted by Crippen LogP contribution is 2.01. The number of furan rings is 1. The Labute approximate surface area is 57.7 Å². The molecule has 1 rings (SSSR count). The second kappa shape index (κ2) is 3.43. The molecule has 0 atom stereocenters. The van der Waals surface area contributed by atoms with Crippen LogP contribution in [0, 0.1) is 0 Å². The van der Waals surface area contributed by atoms with Crippen LogP contribution in [0.1, 0.15) is 5.76 Å². The van der Waals surface area contributed by atoms with E-state index < -0.39 is 0 Å². The van der Waals surface area contributed by atoms with Crippen LogP contribution in [0.3, 0.4) is 0 Å². The van der Waals surface area contributed by atoms with Crippen molar-refractivity contribution in [1.82, 2.24) is 0 Å². The predicted molar refractivity (Wildman–Crippen MR) is 35.9 cm³/mol. The summed E-state index contributed by atoms with van der Waals surface area (Å²) < 4.78 is 4.90. The summed E-state index contributed by atoms with van der Waals surface area (Å²) >= 11 is 0. The lowest BCUT2D eigenvalue weighted by atomic mass is 10.4. The van der Waals surface area contributed by atoms with Crippen molar-refractivity contribution in [2.24, 2.45) is 4.99 Å². The minimum absolute atomic E-state index is 0.666. The average molecular weight is 135 g/mol. The normalized spacial score (nSPS) is 9.60. The lowest BCUT2D eigenvalue weighted by molar-refractivity contribution is 0.557. The molecule has 1 aromatic heterocycles. The van der Waals surface area contributed by atoms with Crippen LogP contribution < -0.4 is 0 Å². The van der Waals surface area contributed by atoms with Gasteiger partial charge in [-0.3, -0.25) is 0 Å². The van der Waals surface area contributed by atoms with Gasteiger partial charge in [-0.05, 0) is 18.2 Å². The summed E-state index contributed by atoms with van der Waals surface area (Å²) in [6.07, 6.45) is 5.82. The standard InChI is InChI=1S/C7H5NO2/c9-6-8-4-3-7-2-1-5-10-7/h1-5H/b4-3-. The molecule has 1 aromatic rings. The van der Waals surface area contributed by atoms with Gasteiger partial charge in [0.05, 0.1) is 6.26 Å². The van der Waals surface area contributed by atoms with Crippen molar-refractivity contribution in [1.29, 1.82) is 0 Å². The Hall–Kier alpha value is -1.60. The summed E-state index contributed by atoms with van der Waals surface area (Å²) in [4.78, 5) is 12.8. The summed E-state index contributed by atoms with van der Waals surface area (Å²) in [5.41, 5.74) is 0. The highest BCUT2D eigenvalue weighted by Gasteiger charge is 1.83. The van der Waals surface area contributed by atoms with Gasteiger partial charge in [0.25, 0.3) is 0 Å². The number of hydrogen-bond acceptors (Lipinski definition) is 3. The fraction of sp³-hybridized carbons (Fsp3) is 0. The summed E-state index contributed by atoms with van der Waals surface area (Å²) in [6.45, 7) is 0. The third-order valence-electron chi connectivity index (χ3n) is 0.909. The van der Waals surface area contributed by atoms with Crippen molar-refractivity contribution in [2.75, 3.05) is 0 Å². The van der Waals surface area contributed by atoms with Gasteiger partial charge in [-0.2, -0.15) is 4.99 Å². The molecule has 0 radical (unpaired) electrons. The van der Waals surface area contributed by atoms with E-state index in [4.69, 9.17) is 4.42 Å². The number of isocyanates is 1. The van der Waals surface area contributed by atoms with Crippen LogP contribution in [0.2, 0.25) is 0 Å². The van der Waals surface area contributed by atoms with Crippen molar-refractivity contribution < 1.29 is 9.21 Å². The average Bonchev–Trinajstić information content (AvgIpc) is 2.41. The first kappa shape index (κ1) is 6.52. The lowest BCUT2D eigenvalue weighted by Gasteiger charge is -1.76. The molecule has 0 unspecified atom stereocenters. The third-order valence-corrected chi connectivity index (χ3v) is 0.909. The fourth-order valence-electron chi connectivity index (χ4n) is 0.527. The summed E-state index contributed by atoms with van der Waals surface area (Å²) in [6, 6.07) is 3.52. The van der Waals surface area contributed by atoms with E-state index in [1.54, 1.807) is 24.5 Å². The summed E-state index contributed by atoms with van der Waals surface area (Å²) in [5.74, 6) is 0.666. The van der Waals surface area contributed by atoms with E-state index in [0.29, 0.717) is 5.76 Å². The Morgan fingerprint density at radius 1 is 1.70 bits per heavy atom. The summed E-state index contributed by atoms with van der Waals surface area (Å²) in [7, 11) is 0. The molecule has 50 valence electrons. The van der Waals surface area contributed by atoms with Crippen molar-refractivity contribution in [3.8, 4) is 0 Å². The Morgan fingerprint density at radius 2 is 2.60 bits per heavy atom. The molecule has 0 spiro atoms. The largest absolute Gasteiger partial charge is 0.465 e. The van der Waals surface area contributed by atoms with Gasteiger partial charge in [0.2, 0.25) is 6.08 Å². The van der Waals surface area contributed by atoms with Crippen LogP contribution in [0.15, 0.2) is 34.0 Å². The minimum atomic E-state index is 0.666. The van der Waals surface area contributed by atoms with Crippen LogP contribution in [-0.4, -0.2) is 6.08 Å². The zero-order chi connectivity index (χ0) is 7.23. The van der Waals surface area contributed by atoms with Gasteiger partial charge in [-0.15, -0.1) is 0 Å². The topological polar surface area (TPSA) is 42.6 Å². The molecule has 0 bridgehead atoms. The van der Waals surface area contributed by atoms with E-state index in [0.717, 1.165) is 0 Å². The van der Waals surface area contributed by atoms with Crippen molar-refractivity contribution in [3.05, 3.63) is 30.4 Å². The Bertz CT molecular complexity index is 255. The number of hydrogen-bond donors (Lipinski definition) is 0. The number of carbonyl (C=O) groups excluding carboxylic acids is 1. The molecule has 3 heteroatoms. The van der Waals surface area contributed by atoms with Crippen molar-refractivity contribution >= 4 is 12.2 Å². The highest BCUT2D eigenvalue weighted by molar-refractivity contribution is 5.45. The molecule has 0 fully saturated rings. The van der Waals surface area contributed by atoms with Crippen LogP contribution in [-0.2, 0) is 4.79 Å². The Kier molecular flexibility index (Phi) is 2.24. The second-order valence-electron chi connectivity index (χ2n) is 1.55. The van der Waals surface area contributed by atoms with Crippen LogP contribution >= 0.6 is 0 Å². The lowest BCUT2D eigenvalue weighted by Crippen LogP contribution is -1.56. The predicted octanol–water partition coefficient (Wildman–Crippen LogP) is 1.59. The molecule has 0 saturated carbocycles. The van der Waals surface area contributed by atoms with E-state index in [2.05, 4.69) is 4.99 Å². The quantitative estimate of drug-likeness (QED) is 0.456. The monoisotopic (exact) mass is 135 g/mol. The van der Waals surface area contributed by atoms with Gasteiger partial charge in [-0.25, -0.2) is 4.79 Å². The molecule has 1 heterocycles. The molecule has 0 aromatic carbocycles. The third kappa shape index (κ3) is 1.73. The molecule has 0 aliphatic carbocycles. The van der Waals surface area contributed by atoms with Crippen LogP contribution in [0.25, 0.3) is 6.08 Å². The molecule has 0 amide bonds. The molecular formula is C7H5NO2. The van der Waals surface area contributed by atoms with E-state index >= 15 is 0 Å². The van der Waals surface area contributed by atoms with Gasteiger partial charge in [-0.1, -0.05) is 0 Å². The number of rotatable bonds is 2. The van der Waals surface area contributed by atoms with Gasteiger partial charge >= 0.3 is 0 Å². The van der Waals surface area contributed by atoms with E-state index in [-0.39, 0.29) is 0 Å². The zero-order valence-corrected chi connectivity index (χ0v) is 5.15. The van der Waals surface area contributed by atoms with Crippen LogP contribution in [0.5, 0.6) is 0 Å². The first-order chi connectivity index (χ1) is 4.93. The molecule has 0 N–H and O–H groups in total. The maximum atomic E-state index is 9.56. The Morgan fingerprint density at radius 3 is 3.20 bits per heavy atom. The van der Waals surface area contributed by atoms with E-state index in [9.17, 15) is 4.79 Å². The first-order valence-corrected chi connectivity index (χ1v) is 2.70. The number of nitrogens with zero attached hydrogens (tertiary/aromatic N) is 1. The van der Waals surface area contributed by atoms with Gasteiger partial charge in [0.15, 0.2) is 0 Å². The van der Waals surface area contributed by atoms with E-state index in [1.807, 2.05) is 0 Å². The smallest absolute Gasteiger partial charge is 0.239 e. The molecule has 0 aliphatic heterocycles. The fourth-order valence-corrected chi connectivity index (χ4v) is 0.527. The summed E-state index contributed by atoms with van der Waals surface area (Å²) in [5, 5.41) is 0. The van der Waals surface area contributed by atoms with Gasteiger partial charge in [0.1, 0.15) is 5.76 Å². The zero-order valence-electron chi connectivity index (χ0n) is 5.15. The molecule has 3 nitrogen and oxygen atoms in total. The molecule has 0 saturated heterocycles. The number of aliphatic imine (C=N–C) groups is 1. The minimum Gasteiger partial charge on any atom is -0.465 e. The maximum Gasteiger partial charge on any atom is 0.239 e. The molecule has 0 aliphatic rings. The Balaban J connectivity index is 2.63. The van der Waals surface area contributed by atoms with Crippen molar-refractivity contribution in [3.63, 3.8) is 0 Å².